The average Bonchev–Trinajstić information content (AvgIpc) is 2.27. The standard InChI is InChI=1S/C11H22N2O2/c1-8-11(4,5-6-15-8)13-9(14)7-10(2,3)12/h8H,5-7,12H2,1-4H3,(H,13,14). The van der Waals surface area contributed by atoms with Gasteiger partial charge in [-0.1, -0.05) is 0 Å². The SMILES string of the molecule is CC1OCCC1(C)NC(=O)CC(C)(C)N. The van der Waals surface area contributed by atoms with E-state index in [9.17, 15) is 4.79 Å². The molecule has 1 amide bonds. The molecule has 3 N–H and O–H groups in total. The third kappa shape index (κ3) is 3.47. The van der Waals surface area contributed by atoms with Crippen LogP contribution in [0.15, 0.2) is 0 Å². The molecule has 1 aliphatic heterocycles. The number of ether oxygens (including phenoxy) is 1. The van der Waals surface area contributed by atoms with Crippen molar-refractivity contribution in [2.24, 2.45) is 5.73 Å². The van der Waals surface area contributed by atoms with Crippen molar-refractivity contribution in [1.29, 1.82) is 0 Å². The van der Waals surface area contributed by atoms with Crippen molar-refractivity contribution in [3.63, 3.8) is 0 Å². The number of nitrogens with two attached hydrogens (primary N) is 1. The van der Waals surface area contributed by atoms with Gasteiger partial charge in [0.2, 0.25) is 5.91 Å². The normalized spacial score (nSPS) is 31.7. The molecule has 1 aliphatic rings. The smallest absolute Gasteiger partial charge is 0.222 e. The van der Waals surface area contributed by atoms with Crippen molar-refractivity contribution < 1.29 is 9.53 Å². The second-order valence-corrected chi connectivity index (χ2v) is 5.39. The third-order valence-corrected chi connectivity index (χ3v) is 2.93. The summed E-state index contributed by atoms with van der Waals surface area (Å²) in [5.74, 6) is 0.00218. The molecule has 0 radical (unpaired) electrons. The van der Waals surface area contributed by atoms with Gasteiger partial charge in [0.1, 0.15) is 0 Å². The Balaban J connectivity index is 2.51. The molecular formula is C11H22N2O2. The van der Waals surface area contributed by atoms with Gasteiger partial charge >= 0.3 is 0 Å². The minimum Gasteiger partial charge on any atom is -0.376 e. The van der Waals surface area contributed by atoms with Crippen LogP contribution in [0.4, 0.5) is 0 Å². The highest BCUT2D eigenvalue weighted by molar-refractivity contribution is 5.78. The molecule has 1 heterocycles. The van der Waals surface area contributed by atoms with Gasteiger partial charge in [-0.25, -0.2) is 0 Å². The molecule has 4 heteroatoms. The zero-order valence-corrected chi connectivity index (χ0v) is 10.1. The van der Waals surface area contributed by atoms with Crippen LogP contribution in [-0.4, -0.2) is 29.7 Å². The van der Waals surface area contributed by atoms with Crippen LogP contribution in [0.2, 0.25) is 0 Å². The van der Waals surface area contributed by atoms with Gasteiger partial charge in [-0.15, -0.1) is 0 Å². The number of carbonyl (C=O) groups excluding carboxylic acids is 1. The van der Waals surface area contributed by atoms with E-state index in [4.69, 9.17) is 10.5 Å². The number of amides is 1. The molecule has 0 aromatic rings. The molecule has 88 valence electrons. The van der Waals surface area contributed by atoms with E-state index in [1.807, 2.05) is 27.7 Å². The minimum absolute atomic E-state index is 0.00218. The van der Waals surface area contributed by atoms with E-state index < -0.39 is 5.54 Å². The molecule has 0 aromatic carbocycles. The summed E-state index contributed by atoms with van der Waals surface area (Å²) in [5, 5.41) is 3.02. The Labute approximate surface area is 91.5 Å². The molecule has 2 atom stereocenters. The lowest BCUT2D eigenvalue weighted by molar-refractivity contribution is -0.124. The van der Waals surface area contributed by atoms with E-state index in [0.717, 1.165) is 6.42 Å². The lowest BCUT2D eigenvalue weighted by Gasteiger charge is -2.30. The lowest BCUT2D eigenvalue weighted by atomic mass is 9.93. The Hall–Kier alpha value is -0.610. The lowest BCUT2D eigenvalue weighted by Crippen LogP contribution is -2.52. The average molecular weight is 214 g/mol. The molecule has 1 saturated heterocycles. The summed E-state index contributed by atoms with van der Waals surface area (Å²) in [7, 11) is 0. The summed E-state index contributed by atoms with van der Waals surface area (Å²) in [6.07, 6.45) is 1.28. The Kier molecular flexibility index (Phi) is 3.41. The Morgan fingerprint density at radius 3 is 2.67 bits per heavy atom. The van der Waals surface area contributed by atoms with Crippen molar-refractivity contribution in [3.05, 3.63) is 0 Å². The van der Waals surface area contributed by atoms with Crippen LogP contribution in [0, 0.1) is 0 Å². The van der Waals surface area contributed by atoms with Crippen molar-refractivity contribution in [1.82, 2.24) is 5.32 Å². The summed E-state index contributed by atoms with van der Waals surface area (Å²) in [6, 6.07) is 0. The van der Waals surface area contributed by atoms with Crippen molar-refractivity contribution in [2.45, 2.75) is 57.7 Å². The molecular weight excluding hydrogens is 192 g/mol. The van der Waals surface area contributed by atoms with Crippen LogP contribution >= 0.6 is 0 Å². The fraction of sp³-hybridized carbons (Fsp3) is 0.909. The number of nitrogens with one attached hydrogen (secondary N) is 1. The van der Waals surface area contributed by atoms with E-state index >= 15 is 0 Å². The van der Waals surface area contributed by atoms with Gasteiger partial charge in [-0.3, -0.25) is 4.79 Å². The molecule has 2 unspecified atom stereocenters. The first-order chi connectivity index (χ1) is 6.73. The van der Waals surface area contributed by atoms with Crippen molar-refractivity contribution >= 4 is 5.91 Å². The van der Waals surface area contributed by atoms with Crippen LogP contribution in [0.5, 0.6) is 0 Å². The summed E-state index contributed by atoms with van der Waals surface area (Å²) in [6.45, 7) is 8.42. The van der Waals surface area contributed by atoms with Crippen LogP contribution in [0.3, 0.4) is 0 Å². The number of rotatable bonds is 3. The first kappa shape index (κ1) is 12.5. The molecule has 1 rings (SSSR count). The first-order valence-corrected chi connectivity index (χ1v) is 5.44. The highest BCUT2D eigenvalue weighted by Gasteiger charge is 2.38. The van der Waals surface area contributed by atoms with Gasteiger partial charge in [0, 0.05) is 18.6 Å². The topological polar surface area (TPSA) is 64.3 Å². The van der Waals surface area contributed by atoms with Crippen LogP contribution in [0.25, 0.3) is 0 Å². The summed E-state index contributed by atoms with van der Waals surface area (Å²) >= 11 is 0. The maximum Gasteiger partial charge on any atom is 0.222 e. The van der Waals surface area contributed by atoms with Crippen LogP contribution < -0.4 is 11.1 Å². The highest BCUT2D eigenvalue weighted by atomic mass is 16.5. The predicted molar refractivity (Wildman–Crippen MR) is 59.5 cm³/mol. The Bertz CT molecular complexity index is 247. The van der Waals surface area contributed by atoms with Gasteiger partial charge < -0.3 is 15.8 Å². The molecule has 0 spiro atoms. The summed E-state index contributed by atoms with van der Waals surface area (Å²) < 4.78 is 5.45. The molecule has 0 bridgehead atoms. The monoisotopic (exact) mass is 214 g/mol. The largest absolute Gasteiger partial charge is 0.376 e. The number of hydrogen-bond acceptors (Lipinski definition) is 3. The predicted octanol–water partition coefficient (Wildman–Crippen LogP) is 0.797. The highest BCUT2D eigenvalue weighted by Crippen LogP contribution is 2.25. The minimum atomic E-state index is -0.455. The Morgan fingerprint density at radius 1 is 1.67 bits per heavy atom. The molecule has 4 nitrogen and oxygen atoms in total. The number of hydrogen-bond donors (Lipinski definition) is 2. The quantitative estimate of drug-likeness (QED) is 0.730. The Morgan fingerprint density at radius 2 is 2.27 bits per heavy atom. The maximum absolute atomic E-state index is 11.7. The third-order valence-electron chi connectivity index (χ3n) is 2.93. The van der Waals surface area contributed by atoms with E-state index in [-0.39, 0.29) is 17.6 Å². The molecule has 15 heavy (non-hydrogen) atoms. The fourth-order valence-corrected chi connectivity index (χ4v) is 1.78. The maximum atomic E-state index is 11.7. The fourth-order valence-electron chi connectivity index (χ4n) is 1.78. The first-order valence-electron chi connectivity index (χ1n) is 5.44. The van der Waals surface area contributed by atoms with E-state index in [0.29, 0.717) is 13.0 Å². The molecule has 0 saturated carbocycles. The van der Waals surface area contributed by atoms with E-state index in [1.165, 1.54) is 0 Å². The van der Waals surface area contributed by atoms with E-state index in [1.54, 1.807) is 0 Å². The van der Waals surface area contributed by atoms with Crippen LogP contribution in [0.1, 0.15) is 40.5 Å². The van der Waals surface area contributed by atoms with Crippen molar-refractivity contribution in [2.75, 3.05) is 6.61 Å². The van der Waals surface area contributed by atoms with Gasteiger partial charge in [0.05, 0.1) is 11.6 Å². The molecule has 0 aromatic heterocycles. The van der Waals surface area contributed by atoms with E-state index in [2.05, 4.69) is 5.32 Å². The zero-order chi connectivity index (χ0) is 11.7. The zero-order valence-electron chi connectivity index (χ0n) is 10.1. The van der Waals surface area contributed by atoms with Gasteiger partial charge in [-0.2, -0.15) is 0 Å². The van der Waals surface area contributed by atoms with Gasteiger partial charge in [-0.05, 0) is 34.1 Å². The van der Waals surface area contributed by atoms with Crippen molar-refractivity contribution in [3.8, 4) is 0 Å². The van der Waals surface area contributed by atoms with Gasteiger partial charge in [0.15, 0.2) is 0 Å². The molecule has 0 aliphatic carbocycles. The summed E-state index contributed by atoms with van der Waals surface area (Å²) in [4.78, 5) is 11.7. The second kappa shape index (κ2) is 4.10. The number of carbonyl (C=O) groups is 1. The van der Waals surface area contributed by atoms with Gasteiger partial charge in [0.25, 0.3) is 0 Å². The second-order valence-electron chi connectivity index (χ2n) is 5.39. The molecule has 1 fully saturated rings. The summed E-state index contributed by atoms with van der Waals surface area (Å²) in [5.41, 5.74) is 5.11. The van der Waals surface area contributed by atoms with Crippen LogP contribution in [-0.2, 0) is 9.53 Å².